The molecule has 21 heavy (non-hydrogen) atoms. The Morgan fingerprint density at radius 1 is 1.38 bits per heavy atom. The summed E-state index contributed by atoms with van der Waals surface area (Å²) in [6.45, 7) is 7.61. The van der Waals surface area contributed by atoms with Crippen molar-refractivity contribution in [3.8, 4) is 0 Å². The molecule has 118 valence electrons. The molecule has 1 aliphatic heterocycles. The average Bonchev–Trinajstić information content (AvgIpc) is 2.90. The SMILES string of the molecule is CC1CC1c1ccc(C(CN)N(C)CCN2CCCC2)o1. The van der Waals surface area contributed by atoms with Gasteiger partial charge < -0.3 is 15.1 Å². The number of likely N-dealkylation sites (N-methyl/N-ethyl adjacent to an activating group) is 1. The van der Waals surface area contributed by atoms with Crippen LogP contribution in [0.25, 0.3) is 0 Å². The molecule has 0 aromatic carbocycles. The number of nitrogens with zero attached hydrogens (tertiary/aromatic N) is 2. The lowest BCUT2D eigenvalue weighted by Gasteiger charge is -2.27. The Kier molecular flexibility index (Phi) is 4.67. The Morgan fingerprint density at radius 3 is 2.71 bits per heavy atom. The molecular weight excluding hydrogens is 262 g/mol. The van der Waals surface area contributed by atoms with Crippen LogP contribution in [-0.2, 0) is 0 Å². The molecule has 1 saturated heterocycles. The molecule has 0 radical (unpaired) electrons. The predicted molar refractivity (Wildman–Crippen MR) is 85.3 cm³/mol. The quantitative estimate of drug-likeness (QED) is 0.838. The van der Waals surface area contributed by atoms with Gasteiger partial charge in [0.1, 0.15) is 11.5 Å². The lowest BCUT2D eigenvalue weighted by Crippen LogP contribution is -2.36. The molecule has 3 atom stereocenters. The summed E-state index contributed by atoms with van der Waals surface area (Å²) < 4.78 is 6.09. The molecular formula is C17H29N3O. The van der Waals surface area contributed by atoms with Crippen molar-refractivity contribution in [2.45, 2.75) is 38.1 Å². The first kappa shape index (κ1) is 15.1. The lowest BCUT2D eigenvalue weighted by atomic mass is 10.2. The highest BCUT2D eigenvalue weighted by atomic mass is 16.3. The summed E-state index contributed by atoms with van der Waals surface area (Å²) in [5.74, 6) is 3.62. The summed E-state index contributed by atoms with van der Waals surface area (Å²) in [7, 11) is 2.16. The summed E-state index contributed by atoms with van der Waals surface area (Å²) in [4.78, 5) is 4.89. The van der Waals surface area contributed by atoms with E-state index in [2.05, 4.69) is 35.9 Å². The van der Waals surface area contributed by atoms with Crippen LogP contribution in [0.4, 0.5) is 0 Å². The van der Waals surface area contributed by atoms with Gasteiger partial charge in [0.05, 0.1) is 6.04 Å². The summed E-state index contributed by atoms with van der Waals surface area (Å²) in [5, 5.41) is 0. The third kappa shape index (κ3) is 3.50. The van der Waals surface area contributed by atoms with Gasteiger partial charge in [0.15, 0.2) is 0 Å². The van der Waals surface area contributed by atoms with Gasteiger partial charge in [-0.05, 0) is 57.5 Å². The van der Waals surface area contributed by atoms with Gasteiger partial charge in [-0.2, -0.15) is 0 Å². The highest BCUT2D eigenvalue weighted by Crippen LogP contribution is 2.47. The largest absolute Gasteiger partial charge is 0.464 e. The van der Waals surface area contributed by atoms with Crippen molar-refractivity contribution in [3.63, 3.8) is 0 Å². The van der Waals surface area contributed by atoms with Gasteiger partial charge >= 0.3 is 0 Å². The van der Waals surface area contributed by atoms with Crippen molar-refractivity contribution in [3.05, 3.63) is 23.7 Å². The molecule has 4 heteroatoms. The highest BCUT2D eigenvalue weighted by molar-refractivity contribution is 5.19. The van der Waals surface area contributed by atoms with Crippen LogP contribution in [0.3, 0.4) is 0 Å². The van der Waals surface area contributed by atoms with Crippen molar-refractivity contribution in [1.82, 2.24) is 9.80 Å². The van der Waals surface area contributed by atoms with Crippen molar-refractivity contribution >= 4 is 0 Å². The van der Waals surface area contributed by atoms with E-state index >= 15 is 0 Å². The maximum Gasteiger partial charge on any atom is 0.122 e. The Bertz CT molecular complexity index is 453. The molecule has 4 nitrogen and oxygen atoms in total. The fraction of sp³-hybridized carbons (Fsp3) is 0.765. The second-order valence-electron chi connectivity index (χ2n) is 6.84. The van der Waals surface area contributed by atoms with E-state index in [-0.39, 0.29) is 6.04 Å². The first-order valence-electron chi connectivity index (χ1n) is 8.41. The van der Waals surface area contributed by atoms with Gasteiger partial charge in [0.25, 0.3) is 0 Å². The standard InChI is InChI=1S/C17H29N3O/c1-13-11-14(13)16-5-6-17(21-16)15(12-18)19(2)9-10-20-7-3-4-8-20/h5-6,13-15H,3-4,7-12,18H2,1-2H3. The monoisotopic (exact) mass is 291 g/mol. The number of hydrogen-bond acceptors (Lipinski definition) is 4. The minimum absolute atomic E-state index is 0.204. The first-order valence-corrected chi connectivity index (χ1v) is 8.41. The minimum atomic E-state index is 0.204. The average molecular weight is 291 g/mol. The molecule has 1 aromatic rings. The molecule has 0 bridgehead atoms. The Balaban J connectivity index is 1.56. The van der Waals surface area contributed by atoms with E-state index in [4.69, 9.17) is 10.2 Å². The van der Waals surface area contributed by atoms with Crippen molar-refractivity contribution in [2.75, 3.05) is 39.8 Å². The van der Waals surface area contributed by atoms with Crippen LogP contribution in [0.15, 0.2) is 16.5 Å². The lowest BCUT2D eigenvalue weighted by molar-refractivity contribution is 0.189. The third-order valence-electron chi connectivity index (χ3n) is 5.17. The number of hydrogen-bond donors (Lipinski definition) is 1. The second-order valence-corrected chi connectivity index (χ2v) is 6.84. The Labute approximate surface area is 128 Å². The van der Waals surface area contributed by atoms with Crippen molar-refractivity contribution in [2.24, 2.45) is 11.7 Å². The summed E-state index contributed by atoms with van der Waals surface area (Å²) >= 11 is 0. The van der Waals surface area contributed by atoms with Crippen LogP contribution in [0.5, 0.6) is 0 Å². The van der Waals surface area contributed by atoms with Crippen LogP contribution >= 0.6 is 0 Å². The smallest absolute Gasteiger partial charge is 0.122 e. The third-order valence-corrected chi connectivity index (χ3v) is 5.17. The van der Waals surface area contributed by atoms with Crippen LogP contribution in [0, 0.1) is 5.92 Å². The molecule has 2 fully saturated rings. The maximum atomic E-state index is 6.09. The zero-order valence-corrected chi connectivity index (χ0v) is 13.4. The van der Waals surface area contributed by atoms with E-state index in [0.717, 1.165) is 30.5 Å². The van der Waals surface area contributed by atoms with Crippen molar-refractivity contribution < 1.29 is 4.42 Å². The number of likely N-dealkylation sites (tertiary alicyclic amines) is 1. The zero-order valence-electron chi connectivity index (χ0n) is 13.4. The topological polar surface area (TPSA) is 45.6 Å². The maximum absolute atomic E-state index is 6.09. The van der Waals surface area contributed by atoms with E-state index in [1.165, 1.54) is 32.4 Å². The molecule has 1 aromatic heterocycles. The normalized spacial score (nSPS) is 27.4. The molecule has 0 spiro atoms. The van der Waals surface area contributed by atoms with Crippen LogP contribution in [0.2, 0.25) is 0 Å². The van der Waals surface area contributed by atoms with E-state index < -0.39 is 0 Å². The van der Waals surface area contributed by atoms with E-state index in [9.17, 15) is 0 Å². The molecule has 2 N–H and O–H groups in total. The summed E-state index contributed by atoms with van der Waals surface area (Å²) in [5.41, 5.74) is 6.00. The van der Waals surface area contributed by atoms with Crippen molar-refractivity contribution in [1.29, 1.82) is 0 Å². The number of furan rings is 1. The van der Waals surface area contributed by atoms with Crippen LogP contribution in [-0.4, -0.2) is 49.6 Å². The summed E-state index contributed by atoms with van der Waals surface area (Å²) in [6, 6.07) is 4.49. The van der Waals surface area contributed by atoms with Crippen LogP contribution < -0.4 is 5.73 Å². The molecule has 2 aliphatic rings. The minimum Gasteiger partial charge on any atom is -0.464 e. The Hall–Kier alpha value is -0.840. The van der Waals surface area contributed by atoms with Gasteiger partial charge in [-0.25, -0.2) is 0 Å². The molecule has 1 saturated carbocycles. The molecule has 2 heterocycles. The fourth-order valence-electron chi connectivity index (χ4n) is 3.44. The molecule has 3 unspecified atom stereocenters. The second kappa shape index (κ2) is 6.51. The number of rotatable bonds is 7. The summed E-state index contributed by atoms with van der Waals surface area (Å²) in [6.07, 6.45) is 3.97. The van der Waals surface area contributed by atoms with Gasteiger partial charge in [0.2, 0.25) is 0 Å². The zero-order chi connectivity index (χ0) is 14.8. The fourth-order valence-corrected chi connectivity index (χ4v) is 3.44. The Morgan fingerprint density at radius 2 is 2.10 bits per heavy atom. The molecule has 1 aliphatic carbocycles. The van der Waals surface area contributed by atoms with Gasteiger partial charge in [-0.1, -0.05) is 6.92 Å². The van der Waals surface area contributed by atoms with Gasteiger partial charge in [-0.3, -0.25) is 4.90 Å². The van der Waals surface area contributed by atoms with E-state index in [0.29, 0.717) is 12.5 Å². The molecule has 3 rings (SSSR count). The predicted octanol–water partition coefficient (Wildman–Crippen LogP) is 2.43. The van der Waals surface area contributed by atoms with Crippen LogP contribution in [0.1, 0.15) is 49.7 Å². The highest BCUT2D eigenvalue weighted by Gasteiger charge is 2.37. The molecule has 0 amide bonds. The number of nitrogens with two attached hydrogens (primary N) is 1. The van der Waals surface area contributed by atoms with Gasteiger partial charge in [-0.15, -0.1) is 0 Å². The van der Waals surface area contributed by atoms with E-state index in [1.54, 1.807) is 0 Å². The first-order chi connectivity index (χ1) is 10.2. The van der Waals surface area contributed by atoms with Gasteiger partial charge in [0, 0.05) is 25.6 Å². The van der Waals surface area contributed by atoms with E-state index in [1.807, 2.05) is 0 Å².